The highest BCUT2D eigenvalue weighted by Crippen LogP contribution is 2.32. The van der Waals surface area contributed by atoms with Crippen LogP contribution < -0.4 is 0 Å². The second kappa shape index (κ2) is 5.13. The van der Waals surface area contributed by atoms with Crippen LogP contribution in [0.2, 0.25) is 0 Å². The zero-order chi connectivity index (χ0) is 10.6. The Morgan fingerprint density at radius 1 is 1.36 bits per heavy atom. The Morgan fingerprint density at radius 3 is 2.36 bits per heavy atom. The van der Waals surface area contributed by atoms with Crippen molar-refractivity contribution in [1.29, 1.82) is 0 Å². The van der Waals surface area contributed by atoms with Crippen molar-refractivity contribution >= 4 is 11.8 Å². The van der Waals surface area contributed by atoms with Gasteiger partial charge in [0.15, 0.2) is 0 Å². The van der Waals surface area contributed by atoms with Crippen LogP contribution in [0.25, 0.3) is 0 Å². The highest BCUT2D eigenvalue weighted by Gasteiger charge is 2.34. The van der Waals surface area contributed by atoms with E-state index in [0.29, 0.717) is 6.61 Å². The van der Waals surface area contributed by atoms with Crippen molar-refractivity contribution in [3.8, 4) is 0 Å². The summed E-state index contributed by atoms with van der Waals surface area (Å²) in [5.74, 6) is -0.647. The lowest BCUT2D eigenvalue weighted by atomic mass is 9.88. The van der Waals surface area contributed by atoms with Crippen molar-refractivity contribution in [2.75, 3.05) is 6.61 Å². The summed E-state index contributed by atoms with van der Waals surface area (Å²) in [7, 11) is 0. The van der Waals surface area contributed by atoms with E-state index >= 15 is 0 Å². The van der Waals surface area contributed by atoms with E-state index in [9.17, 15) is 9.59 Å². The van der Waals surface area contributed by atoms with Crippen molar-refractivity contribution in [2.24, 2.45) is 11.8 Å². The number of esters is 1. The first kappa shape index (κ1) is 11.2. The van der Waals surface area contributed by atoms with Crippen LogP contribution in [0.1, 0.15) is 39.5 Å². The van der Waals surface area contributed by atoms with Crippen molar-refractivity contribution in [3.63, 3.8) is 0 Å². The number of carbonyl (C=O) groups is 2. The van der Waals surface area contributed by atoms with Gasteiger partial charge in [0.25, 0.3) is 0 Å². The van der Waals surface area contributed by atoms with E-state index in [2.05, 4.69) is 0 Å². The normalized spacial score (nSPS) is 19.3. The van der Waals surface area contributed by atoms with Gasteiger partial charge in [-0.2, -0.15) is 0 Å². The number of Topliss-reactive ketones (excluding diaryl/α,β-unsaturated/α-hetero) is 1. The third-order valence-electron chi connectivity index (χ3n) is 2.85. The standard InChI is InChI=1S/C11H18O3/c1-3-14-11(13)10(8(2)12)9-6-4-5-7-9/h9-10H,3-7H2,1-2H3/t10-/m0/s1. The first-order valence-corrected chi connectivity index (χ1v) is 5.34. The van der Waals surface area contributed by atoms with E-state index in [0.717, 1.165) is 25.7 Å². The summed E-state index contributed by atoms with van der Waals surface area (Å²) >= 11 is 0. The van der Waals surface area contributed by atoms with Crippen molar-refractivity contribution in [1.82, 2.24) is 0 Å². The van der Waals surface area contributed by atoms with Crippen LogP contribution in [0.5, 0.6) is 0 Å². The first-order chi connectivity index (χ1) is 6.66. The highest BCUT2D eigenvalue weighted by molar-refractivity contribution is 5.98. The van der Waals surface area contributed by atoms with Gasteiger partial charge in [-0.25, -0.2) is 0 Å². The Bertz CT molecular complexity index is 217. The summed E-state index contributed by atoms with van der Waals surface area (Å²) in [4.78, 5) is 22.9. The van der Waals surface area contributed by atoms with Gasteiger partial charge in [-0.1, -0.05) is 12.8 Å². The molecule has 0 aromatic carbocycles. The minimum absolute atomic E-state index is 0.0460. The predicted molar refractivity (Wildman–Crippen MR) is 52.8 cm³/mol. The second-order valence-electron chi connectivity index (χ2n) is 3.88. The van der Waals surface area contributed by atoms with E-state index < -0.39 is 5.92 Å². The molecule has 1 aliphatic rings. The average Bonchev–Trinajstić information content (AvgIpc) is 2.57. The van der Waals surface area contributed by atoms with Crippen LogP contribution >= 0.6 is 0 Å². The summed E-state index contributed by atoms with van der Waals surface area (Å²) in [5, 5.41) is 0. The van der Waals surface area contributed by atoms with Crippen molar-refractivity contribution in [2.45, 2.75) is 39.5 Å². The van der Waals surface area contributed by atoms with Crippen LogP contribution in [0.4, 0.5) is 0 Å². The van der Waals surface area contributed by atoms with Crippen LogP contribution in [-0.4, -0.2) is 18.4 Å². The van der Waals surface area contributed by atoms with E-state index in [1.807, 2.05) is 0 Å². The zero-order valence-corrected chi connectivity index (χ0v) is 8.91. The molecule has 0 bridgehead atoms. The third-order valence-corrected chi connectivity index (χ3v) is 2.85. The van der Waals surface area contributed by atoms with Crippen LogP contribution in [-0.2, 0) is 14.3 Å². The second-order valence-corrected chi connectivity index (χ2v) is 3.88. The lowest BCUT2D eigenvalue weighted by Gasteiger charge is -2.18. The largest absolute Gasteiger partial charge is 0.465 e. The Labute approximate surface area is 84.8 Å². The van der Waals surface area contributed by atoms with Gasteiger partial charge in [0.1, 0.15) is 11.7 Å². The molecule has 80 valence electrons. The Kier molecular flexibility index (Phi) is 4.11. The summed E-state index contributed by atoms with van der Waals surface area (Å²) in [5.41, 5.74) is 0. The molecule has 14 heavy (non-hydrogen) atoms. The number of carbonyl (C=O) groups excluding carboxylic acids is 2. The van der Waals surface area contributed by atoms with Crippen LogP contribution in [0, 0.1) is 11.8 Å². The molecule has 0 spiro atoms. The van der Waals surface area contributed by atoms with Crippen molar-refractivity contribution in [3.05, 3.63) is 0 Å². The quantitative estimate of drug-likeness (QED) is 0.512. The minimum atomic E-state index is -0.502. The van der Waals surface area contributed by atoms with Crippen LogP contribution in [0.3, 0.4) is 0 Å². The monoisotopic (exact) mass is 198 g/mol. The van der Waals surface area contributed by atoms with Gasteiger partial charge in [-0.15, -0.1) is 0 Å². The van der Waals surface area contributed by atoms with E-state index in [-0.39, 0.29) is 17.7 Å². The fraction of sp³-hybridized carbons (Fsp3) is 0.818. The van der Waals surface area contributed by atoms with Gasteiger partial charge in [-0.05, 0) is 32.6 Å². The van der Waals surface area contributed by atoms with E-state index in [4.69, 9.17) is 4.74 Å². The van der Waals surface area contributed by atoms with Crippen molar-refractivity contribution < 1.29 is 14.3 Å². The maximum Gasteiger partial charge on any atom is 0.316 e. The Balaban J connectivity index is 2.62. The molecular weight excluding hydrogens is 180 g/mol. The molecule has 0 aliphatic heterocycles. The first-order valence-electron chi connectivity index (χ1n) is 5.34. The smallest absolute Gasteiger partial charge is 0.316 e. The molecule has 1 rings (SSSR count). The SMILES string of the molecule is CCOC(=O)[C@@H](C(C)=O)C1CCCC1. The number of hydrogen-bond acceptors (Lipinski definition) is 3. The topological polar surface area (TPSA) is 43.4 Å². The van der Waals surface area contributed by atoms with Gasteiger partial charge < -0.3 is 4.74 Å². The fourth-order valence-corrected chi connectivity index (χ4v) is 2.21. The lowest BCUT2D eigenvalue weighted by molar-refractivity contribution is -0.153. The number of rotatable bonds is 4. The van der Waals surface area contributed by atoms with Gasteiger partial charge in [-0.3, -0.25) is 9.59 Å². The minimum Gasteiger partial charge on any atom is -0.465 e. The predicted octanol–water partition coefficient (Wildman–Crippen LogP) is 1.94. The summed E-state index contributed by atoms with van der Waals surface area (Å²) in [6, 6.07) is 0. The maximum absolute atomic E-state index is 11.5. The van der Waals surface area contributed by atoms with E-state index in [1.54, 1.807) is 6.92 Å². The Hall–Kier alpha value is -0.860. The molecule has 3 nitrogen and oxygen atoms in total. The van der Waals surface area contributed by atoms with Gasteiger partial charge in [0.05, 0.1) is 6.61 Å². The molecular formula is C11H18O3. The summed E-state index contributed by atoms with van der Waals surface area (Å²) in [6.45, 7) is 3.61. The number of ether oxygens (including phenoxy) is 1. The molecule has 1 saturated carbocycles. The lowest BCUT2D eigenvalue weighted by Crippen LogP contribution is -2.30. The number of hydrogen-bond donors (Lipinski definition) is 0. The molecule has 0 N–H and O–H groups in total. The van der Waals surface area contributed by atoms with Gasteiger partial charge >= 0.3 is 5.97 Å². The third kappa shape index (κ3) is 2.56. The molecule has 1 fully saturated rings. The molecule has 0 aromatic rings. The molecule has 0 aromatic heterocycles. The molecule has 0 unspecified atom stereocenters. The zero-order valence-electron chi connectivity index (χ0n) is 8.91. The molecule has 0 amide bonds. The molecule has 3 heteroatoms. The molecule has 0 radical (unpaired) electrons. The molecule has 1 atom stereocenters. The van der Waals surface area contributed by atoms with E-state index in [1.165, 1.54) is 6.92 Å². The number of ketones is 1. The Morgan fingerprint density at radius 2 is 1.93 bits per heavy atom. The molecule has 0 saturated heterocycles. The summed E-state index contributed by atoms with van der Waals surface area (Å²) < 4.78 is 4.92. The van der Waals surface area contributed by atoms with Crippen LogP contribution in [0.15, 0.2) is 0 Å². The highest BCUT2D eigenvalue weighted by atomic mass is 16.5. The van der Waals surface area contributed by atoms with Gasteiger partial charge in [0.2, 0.25) is 0 Å². The average molecular weight is 198 g/mol. The summed E-state index contributed by atoms with van der Waals surface area (Å²) in [6.07, 6.45) is 4.24. The maximum atomic E-state index is 11.5. The molecule has 0 heterocycles. The fourth-order valence-electron chi connectivity index (χ4n) is 2.21. The molecule has 1 aliphatic carbocycles. The van der Waals surface area contributed by atoms with Gasteiger partial charge in [0, 0.05) is 0 Å².